The third kappa shape index (κ3) is 2.95. The van der Waals surface area contributed by atoms with E-state index in [0.717, 1.165) is 32.1 Å². The van der Waals surface area contributed by atoms with Crippen molar-refractivity contribution < 1.29 is 4.79 Å². The van der Waals surface area contributed by atoms with Crippen molar-refractivity contribution in [2.75, 3.05) is 39.8 Å². The van der Waals surface area contributed by atoms with Crippen molar-refractivity contribution in [3.05, 3.63) is 0 Å². The summed E-state index contributed by atoms with van der Waals surface area (Å²) in [5, 5.41) is 3.30. The molecule has 1 saturated carbocycles. The van der Waals surface area contributed by atoms with Crippen molar-refractivity contribution in [2.45, 2.75) is 25.8 Å². The molecule has 1 N–H and O–H groups in total. The van der Waals surface area contributed by atoms with E-state index in [0.29, 0.717) is 12.6 Å². The second-order valence-corrected chi connectivity index (χ2v) is 5.11. The largest absolute Gasteiger partial charge is 0.342 e. The van der Waals surface area contributed by atoms with Crippen LogP contribution in [0.2, 0.25) is 0 Å². The molecule has 0 spiro atoms. The molecule has 2 rings (SSSR count). The van der Waals surface area contributed by atoms with Crippen LogP contribution in [-0.2, 0) is 4.79 Å². The van der Waals surface area contributed by atoms with Crippen LogP contribution in [-0.4, -0.2) is 61.5 Å². The summed E-state index contributed by atoms with van der Waals surface area (Å²) in [6, 6.07) is 0.426. The Morgan fingerprint density at radius 1 is 1.44 bits per heavy atom. The predicted octanol–water partition coefficient (Wildman–Crippen LogP) is 0.149. The standard InChI is InChI=1S/C12H23N3O/c1-10(11-3-4-11)14(2)12(16)9-15-7-5-13-6-8-15/h10-11,13H,3-9H2,1-2H3. The van der Waals surface area contributed by atoms with E-state index in [1.807, 2.05) is 11.9 Å². The minimum atomic E-state index is 0.279. The van der Waals surface area contributed by atoms with E-state index in [2.05, 4.69) is 17.1 Å². The van der Waals surface area contributed by atoms with E-state index >= 15 is 0 Å². The molecule has 1 aliphatic carbocycles. The van der Waals surface area contributed by atoms with Gasteiger partial charge in [-0.25, -0.2) is 0 Å². The van der Waals surface area contributed by atoms with Crippen molar-refractivity contribution >= 4 is 5.91 Å². The first kappa shape index (κ1) is 11.9. The van der Waals surface area contributed by atoms with Gasteiger partial charge in [0, 0.05) is 39.3 Å². The van der Waals surface area contributed by atoms with Gasteiger partial charge in [0.2, 0.25) is 5.91 Å². The molecule has 1 heterocycles. The number of hydrogen-bond acceptors (Lipinski definition) is 3. The lowest BCUT2D eigenvalue weighted by atomic mass is 10.2. The van der Waals surface area contributed by atoms with Gasteiger partial charge in [-0.3, -0.25) is 9.69 Å². The third-order valence-corrected chi connectivity index (χ3v) is 3.88. The molecule has 0 aromatic rings. The van der Waals surface area contributed by atoms with Crippen LogP contribution in [0.3, 0.4) is 0 Å². The summed E-state index contributed by atoms with van der Waals surface area (Å²) in [6.45, 7) is 6.78. The van der Waals surface area contributed by atoms with Crippen LogP contribution in [0, 0.1) is 5.92 Å². The monoisotopic (exact) mass is 225 g/mol. The summed E-state index contributed by atoms with van der Waals surface area (Å²) in [4.78, 5) is 16.2. The molecule has 92 valence electrons. The van der Waals surface area contributed by atoms with E-state index < -0.39 is 0 Å². The summed E-state index contributed by atoms with van der Waals surface area (Å²) in [5.74, 6) is 1.04. The Bertz CT molecular complexity index is 247. The van der Waals surface area contributed by atoms with Gasteiger partial charge < -0.3 is 10.2 Å². The van der Waals surface area contributed by atoms with Crippen molar-refractivity contribution in [1.29, 1.82) is 0 Å². The van der Waals surface area contributed by atoms with Gasteiger partial charge in [0.15, 0.2) is 0 Å². The molecule has 4 nitrogen and oxygen atoms in total. The Morgan fingerprint density at radius 2 is 2.06 bits per heavy atom. The predicted molar refractivity (Wildman–Crippen MR) is 64.3 cm³/mol. The molecule has 0 aromatic carbocycles. The fourth-order valence-electron chi connectivity index (χ4n) is 2.29. The van der Waals surface area contributed by atoms with Crippen molar-refractivity contribution in [1.82, 2.24) is 15.1 Å². The molecule has 0 radical (unpaired) electrons. The van der Waals surface area contributed by atoms with Gasteiger partial charge in [0.1, 0.15) is 0 Å². The van der Waals surface area contributed by atoms with Gasteiger partial charge in [-0.05, 0) is 25.7 Å². The van der Waals surface area contributed by atoms with Gasteiger partial charge in [-0.1, -0.05) is 0 Å². The lowest BCUT2D eigenvalue weighted by Crippen LogP contribution is -2.49. The highest BCUT2D eigenvalue weighted by atomic mass is 16.2. The lowest BCUT2D eigenvalue weighted by molar-refractivity contribution is -0.133. The second-order valence-electron chi connectivity index (χ2n) is 5.11. The first-order valence-corrected chi connectivity index (χ1v) is 6.37. The number of likely N-dealkylation sites (N-methyl/N-ethyl adjacent to an activating group) is 1. The molecular formula is C12H23N3O. The molecule has 1 aliphatic heterocycles. The minimum Gasteiger partial charge on any atom is -0.342 e. The summed E-state index contributed by atoms with van der Waals surface area (Å²) in [7, 11) is 1.95. The number of nitrogens with one attached hydrogen (secondary N) is 1. The molecule has 1 saturated heterocycles. The average Bonchev–Trinajstić information content (AvgIpc) is 3.12. The highest BCUT2D eigenvalue weighted by molar-refractivity contribution is 5.78. The maximum absolute atomic E-state index is 12.0. The molecule has 1 atom stereocenters. The van der Waals surface area contributed by atoms with E-state index in [1.54, 1.807) is 0 Å². The highest BCUT2D eigenvalue weighted by Gasteiger charge is 2.32. The average molecular weight is 225 g/mol. The topological polar surface area (TPSA) is 35.6 Å². The number of carbonyl (C=O) groups is 1. The Labute approximate surface area is 98.0 Å². The van der Waals surface area contributed by atoms with E-state index in [1.165, 1.54) is 12.8 Å². The van der Waals surface area contributed by atoms with E-state index in [9.17, 15) is 4.79 Å². The van der Waals surface area contributed by atoms with Crippen LogP contribution in [0.5, 0.6) is 0 Å². The maximum atomic E-state index is 12.0. The lowest BCUT2D eigenvalue weighted by Gasteiger charge is -2.31. The number of rotatable bonds is 4. The highest BCUT2D eigenvalue weighted by Crippen LogP contribution is 2.34. The van der Waals surface area contributed by atoms with Crippen LogP contribution in [0.4, 0.5) is 0 Å². The molecule has 1 amide bonds. The number of carbonyl (C=O) groups excluding carboxylic acids is 1. The SMILES string of the molecule is CC(C1CC1)N(C)C(=O)CN1CCNCC1. The normalized spacial score (nSPS) is 24.1. The molecule has 0 aromatic heterocycles. The number of nitrogens with zero attached hydrogens (tertiary/aromatic N) is 2. The first-order chi connectivity index (χ1) is 7.68. The fraction of sp³-hybridized carbons (Fsp3) is 0.917. The molecule has 4 heteroatoms. The number of hydrogen-bond donors (Lipinski definition) is 1. The summed E-state index contributed by atoms with van der Waals surface area (Å²) in [5.41, 5.74) is 0. The Morgan fingerprint density at radius 3 is 2.62 bits per heavy atom. The van der Waals surface area contributed by atoms with Crippen molar-refractivity contribution in [2.24, 2.45) is 5.92 Å². The van der Waals surface area contributed by atoms with Gasteiger partial charge in [0.25, 0.3) is 0 Å². The molecule has 2 aliphatic rings. The zero-order valence-corrected chi connectivity index (χ0v) is 10.4. The molecule has 0 bridgehead atoms. The van der Waals surface area contributed by atoms with Gasteiger partial charge in [-0.2, -0.15) is 0 Å². The van der Waals surface area contributed by atoms with Crippen LogP contribution in [0.1, 0.15) is 19.8 Å². The van der Waals surface area contributed by atoms with Gasteiger partial charge in [-0.15, -0.1) is 0 Å². The number of amides is 1. The van der Waals surface area contributed by atoms with Crippen molar-refractivity contribution in [3.63, 3.8) is 0 Å². The smallest absolute Gasteiger partial charge is 0.236 e. The summed E-state index contributed by atoms with van der Waals surface area (Å²) >= 11 is 0. The zero-order valence-electron chi connectivity index (χ0n) is 10.4. The summed E-state index contributed by atoms with van der Waals surface area (Å²) < 4.78 is 0. The van der Waals surface area contributed by atoms with Crippen LogP contribution in [0.15, 0.2) is 0 Å². The van der Waals surface area contributed by atoms with Gasteiger partial charge in [0.05, 0.1) is 6.54 Å². The summed E-state index contributed by atoms with van der Waals surface area (Å²) in [6.07, 6.45) is 2.60. The molecule has 16 heavy (non-hydrogen) atoms. The Balaban J connectivity index is 1.76. The maximum Gasteiger partial charge on any atom is 0.236 e. The molecule has 2 fully saturated rings. The van der Waals surface area contributed by atoms with Crippen LogP contribution >= 0.6 is 0 Å². The van der Waals surface area contributed by atoms with E-state index in [4.69, 9.17) is 0 Å². The molecule has 1 unspecified atom stereocenters. The Hall–Kier alpha value is -0.610. The van der Waals surface area contributed by atoms with Crippen LogP contribution in [0.25, 0.3) is 0 Å². The van der Waals surface area contributed by atoms with Crippen LogP contribution < -0.4 is 5.32 Å². The fourth-order valence-corrected chi connectivity index (χ4v) is 2.29. The first-order valence-electron chi connectivity index (χ1n) is 6.37. The van der Waals surface area contributed by atoms with Crippen molar-refractivity contribution in [3.8, 4) is 0 Å². The van der Waals surface area contributed by atoms with E-state index in [-0.39, 0.29) is 5.91 Å². The quantitative estimate of drug-likeness (QED) is 0.740. The minimum absolute atomic E-state index is 0.279. The molecular weight excluding hydrogens is 202 g/mol. The van der Waals surface area contributed by atoms with Gasteiger partial charge >= 0.3 is 0 Å². The number of piperazine rings is 1. The second kappa shape index (κ2) is 5.15. The Kier molecular flexibility index (Phi) is 3.82. The zero-order chi connectivity index (χ0) is 11.5. The third-order valence-electron chi connectivity index (χ3n) is 3.88.